The molecule has 0 aliphatic carbocycles. The van der Waals surface area contributed by atoms with E-state index in [4.69, 9.17) is 32.1 Å². The Bertz CT molecular complexity index is 198. The largest absolute Gasteiger partial charge is 0.394 e. The fraction of sp³-hybridized carbons (Fsp3) is 1.00. The van der Waals surface area contributed by atoms with Crippen molar-refractivity contribution in [2.24, 2.45) is 0 Å². The first kappa shape index (κ1) is 18.1. The maximum atomic E-state index is 8.74. The van der Waals surface area contributed by atoms with Crippen LogP contribution in [0.25, 0.3) is 0 Å². The maximum absolute atomic E-state index is 8.74. The summed E-state index contributed by atoms with van der Waals surface area (Å²) in [5.41, 5.74) is 0. The lowest BCUT2D eigenvalue weighted by Gasteiger charge is -2.02. The maximum Gasteiger partial charge on any atom is 0.394 e. The zero-order valence-electron chi connectivity index (χ0n) is 9.33. The van der Waals surface area contributed by atoms with Gasteiger partial charge < -0.3 is 14.6 Å². The number of unbranched alkanes of at least 4 members (excludes halogenated alkanes) is 1. The molecule has 16 heavy (non-hydrogen) atoms. The normalized spacial score (nSPS) is 10.8. The third kappa shape index (κ3) is 37.2. The van der Waals surface area contributed by atoms with Crippen LogP contribution >= 0.6 is 0 Å². The van der Waals surface area contributed by atoms with Crippen molar-refractivity contribution < 1.29 is 32.1 Å². The lowest BCUT2D eigenvalue weighted by molar-refractivity contribution is 0.0324. The number of aliphatic hydroxyl groups excluding tert-OH is 1. The highest BCUT2D eigenvalue weighted by molar-refractivity contribution is 7.79. The van der Waals surface area contributed by atoms with E-state index in [1.807, 2.05) is 0 Å². The summed E-state index contributed by atoms with van der Waals surface area (Å²) in [6, 6.07) is 0. The van der Waals surface area contributed by atoms with Crippen molar-refractivity contribution in [2.45, 2.75) is 19.8 Å². The molecule has 8 heteroatoms. The minimum Gasteiger partial charge on any atom is -0.394 e. The van der Waals surface area contributed by atoms with Crippen molar-refractivity contribution in [3.8, 4) is 0 Å². The zero-order chi connectivity index (χ0) is 12.9. The predicted molar refractivity (Wildman–Crippen MR) is 57.8 cm³/mol. The quantitative estimate of drug-likeness (QED) is 0.420. The molecule has 0 radical (unpaired) electrons. The molecule has 0 aromatic rings. The molecule has 0 aromatic heterocycles. The van der Waals surface area contributed by atoms with Crippen molar-refractivity contribution in [2.75, 3.05) is 33.0 Å². The van der Waals surface area contributed by atoms with Crippen LogP contribution in [0.5, 0.6) is 0 Å². The molecule has 0 fully saturated rings. The second-order valence-electron chi connectivity index (χ2n) is 2.75. The van der Waals surface area contributed by atoms with Gasteiger partial charge in [-0.25, -0.2) is 0 Å². The molecule has 0 spiro atoms. The van der Waals surface area contributed by atoms with Crippen molar-refractivity contribution >= 4 is 10.4 Å². The van der Waals surface area contributed by atoms with Crippen LogP contribution in [0.1, 0.15) is 19.8 Å². The Labute approximate surface area is 96.0 Å². The molecular formula is C8H20O7S. The van der Waals surface area contributed by atoms with Gasteiger partial charge in [0, 0.05) is 6.61 Å². The van der Waals surface area contributed by atoms with E-state index in [9.17, 15) is 0 Å². The second kappa shape index (κ2) is 12.8. The molecule has 0 aliphatic rings. The molecule has 0 aliphatic heterocycles. The number of hydrogen-bond donors (Lipinski definition) is 3. The Hall–Kier alpha value is -0.250. The van der Waals surface area contributed by atoms with E-state index in [0.717, 1.165) is 19.4 Å². The van der Waals surface area contributed by atoms with Gasteiger partial charge in [0.2, 0.25) is 0 Å². The lowest BCUT2D eigenvalue weighted by atomic mass is 10.4. The number of rotatable bonds is 8. The first-order valence-electron chi connectivity index (χ1n) is 4.88. The average Bonchev–Trinajstić information content (AvgIpc) is 2.14. The summed E-state index contributed by atoms with van der Waals surface area (Å²) in [7, 11) is -4.67. The molecule has 0 aromatic carbocycles. The molecule has 0 saturated carbocycles. The smallest absolute Gasteiger partial charge is 0.394 e. The van der Waals surface area contributed by atoms with Crippen molar-refractivity contribution in [3.63, 3.8) is 0 Å². The Morgan fingerprint density at radius 1 is 1.00 bits per heavy atom. The highest BCUT2D eigenvalue weighted by Gasteiger charge is 1.87. The Kier molecular flexibility index (Phi) is 14.5. The Morgan fingerprint density at radius 3 is 1.81 bits per heavy atom. The summed E-state index contributed by atoms with van der Waals surface area (Å²) in [6.45, 7) is 4.68. The van der Waals surface area contributed by atoms with E-state index < -0.39 is 10.4 Å². The molecule has 0 bridgehead atoms. The first-order valence-corrected chi connectivity index (χ1v) is 6.27. The standard InChI is InChI=1S/C8H18O3.H2O4S/c1-2-3-5-10-7-8-11-6-4-9;1-5(2,3)4/h9H,2-8H2,1H3;(H2,1,2,3,4). The summed E-state index contributed by atoms with van der Waals surface area (Å²) in [5.74, 6) is 0. The average molecular weight is 260 g/mol. The summed E-state index contributed by atoms with van der Waals surface area (Å²) >= 11 is 0. The van der Waals surface area contributed by atoms with Crippen molar-refractivity contribution in [3.05, 3.63) is 0 Å². The SMILES string of the molecule is CCCCOCCOCCO.O=S(=O)(O)O. The Morgan fingerprint density at radius 2 is 1.44 bits per heavy atom. The Balaban J connectivity index is 0. The fourth-order valence-corrected chi connectivity index (χ4v) is 0.633. The molecule has 3 N–H and O–H groups in total. The molecule has 0 unspecified atom stereocenters. The van der Waals surface area contributed by atoms with E-state index >= 15 is 0 Å². The van der Waals surface area contributed by atoms with Crippen molar-refractivity contribution in [1.82, 2.24) is 0 Å². The van der Waals surface area contributed by atoms with Gasteiger partial charge in [-0.2, -0.15) is 8.42 Å². The van der Waals surface area contributed by atoms with E-state index in [1.54, 1.807) is 0 Å². The third-order valence-corrected chi connectivity index (χ3v) is 1.25. The van der Waals surface area contributed by atoms with Gasteiger partial charge in [0.05, 0.1) is 26.4 Å². The zero-order valence-corrected chi connectivity index (χ0v) is 10.1. The van der Waals surface area contributed by atoms with Crippen LogP contribution in [-0.4, -0.2) is 55.7 Å². The van der Waals surface area contributed by atoms with Crippen LogP contribution in [-0.2, 0) is 19.9 Å². The molecule has 100 valence electrons. The number of hydrogen-bond acceptors (Lipinski definition) is 5. The summed E-state index contributed by atoms with van der Waals surface area (Å²) < 4.78 is 41.8. The molecule has 0 amide bonds. The number of aliphatic hydroxyl groups is 1. The summed E-state index contributed by atoms with van der Waals surface area (Å²) in [5, 5.41) is 8.34. The minimum atomic E-state index is -4.67. The minimum absolute atomic E-state index is 0.0922. The molecule has 0 atom stereocenters. The van der Waals surface area contributed by atoms with Gasteiger partial charge >= 0.3 is 10.4 Å². The van der Waals surface area contributed by atoms with Gasteiger partial charge in [0.25, 0.3) is 0 Å². The van der Waals surface area contributed by atoms with Crippen LogP contribution < -0.4 is 0 Å². The van der Waals surface area contributed by atoms with Crippen LogP contribution in [0.2, 0.25) is 0 Å². The summed E-state index contributed by atoms with van der Waals surface area (Å²) in [4.78, 5) is 0. The van der Waals surface area contributed by atoms with Crippen LogP contribution in [0.4, 0.5) is 0 Å². The molecule has 0 saturated heterocycles. The lowest BCUT2D eigenvalue weighted by Crippen LogP contribution is -2.07. The van der Waals surface area contributed by atoms with Crippen LogP contribution in [0.15, 0.2) is 0 Å². The highest BCUT2D eigenvalue weighted by Crippen LogP contribution is 1.87. The molecule has 7 nitrogen and oxygen atoms in total. The van der Waals surface area contributed by atoms with Crippen molar-refractivity contribution in [1.29, 1.82) is 0 Å². The number of ether oxygens (including phenoxy) is 2. The summed E-state index contributed by atoms with van der Waals surface area (Å²) in [6.07, 6.45) is 2.28. The highest BCUT2D eigenvalue weighted by atomic mass is 32.3. The fourth-order valence-electron chi connectivity index (χ4n) is 0.633. The van der Waals surface area contributed by atoms with E-state index in [-0.39, 0.29) is 6.61 Å². The van der Waals surface area contributed by atoms with Gasteiger partial charge in [-0.05, 0) is 6.42 Å². The van der Waals surface area contributed by atoms with E-state index in [0.29, 0.717) is 19.8 Å². The van der Waals surface area contributed by atoms with Crippen LogP contribution in [0.3, 0.4) is 0 Å². The topological polar surface area (TPSA) is 113 Å². The monoisotopic (exact) mass is 260 g/mol. The molecule has 0 heterocycles. The van der Waals surface area contributed by atoms with E-state index in [2.05, 4.69) is 6.92 Å². The van der Waals surface area contributed by atoms with Gasteiger partial charge in [-0.1, -0.05) is 13.3 Å². The predicted octanol–water partition coefficient (Wildman–Crippen LogP) is 0.159. The van der Waals surface area contributed by atoms with Gasteiger partial charge in [-0.3, -0.25) is 9.11 Å². The second-order valence-corrected chi connectivity index (χ2v) is 3.65. The van der Waals surface area contributed by atoms with E-state index in [1.165, 1.54) is 0 Å². The van der Waals surface area contributed by atoms with Crippen LogP contribution in [0, 0.1) is 0 Å². The van der Waals surface area contributed by atoms with Gasteiger partial charge in [0.15, 0.2) is 0 Å². The third-order valence-electron chi connectivity index (χ3n) is 1.25. The first-order chi connectivity index (χ1) is 7.41. The van der Waals surface area contributed by atoms with Gasteiger partial charge in [-0.15, -0.1) is 0 Å². The molecular weight excluding hydrogens is 240 g/mol. The van der Waals surface area contributed by atoms with Gasteiger partial charge in [0.1, 0.15) is 0 Å². The molecule has 0 rings (SSSR count).